The van der Waals surface area contributed by atoms with E-state index in [0.717, 1.165) is 35.3 Å². The quantitative estimate of drug-likeness (QED) is 0.263. The Balaban J connectivity index is 0.00000480. The summed E-state index contributed by atoms with van der Waals surface area (Å²) in [7, 11) is -3.22. The van der Waals surface area contributed by atoms with Gasteiger partial charge >= 0.3 is 0 Å². The van der Waals surface area contributed by atoms with Crippen LogP contribution in [0.2, 0.25) is 0 Å². The second-order valence-electron chi connectivity index (χ2n) is 7.12. The second kappa shape index (κ2) is 12.7. The first-order valence-electron chi connectivity index (χ1n) is 9.87. The van der Waals surface area contributed by atoms with Gasteiger partial charge in [0.25, 0.3) is 0 Å². The van der Waals surface area contributed by atoms with E-state index in [2.05, 4.69) is 20.9 Å². The van der Waals surface area contributed by atoms with E-state index >= 15 is 0 Å². The summed E-state index contributed by atoms with van der Waals surface area (Å²) in [4.78, 5) is 16.0. The average Bonchev–Trinajstić information content (AvgIpc) is 2.66. The molecule has 0 radical (unpaired) electrons. The van der Waals surface area contributed by atoms with Gasteiger partial charge in [-0.15, -0.1) is 24.0 Å². The van der Waals surface area contributed by atoms with E-state index < -0.39 is 9.84 Å². The number of aryl methyl sites for hydroxylation is 1. The van der Waals surface area contributed by atoms with Crippen molar-refractivity contribution in [2.45, 2.75) is 38.6 Å². The lowest BCUT2D eigenvalue weighted by Gasteiger charge is -2.12. The SMILES string of the molecule is CCNC(=NCc1ccc(S(C)(=O)=O)c(C)c1)NCCc1ccc(NC(C)=O)cc1.I. The molecular formula is C22H31IN4O3S. The van der Waals surface area contributed by atoms with Crippen LogP contribution in [0.25, 0.3) is 0 Å². The van der Waals surface area contributed by atoms with E-state index in [-0.39, 0.29) is 29.9 Å². The van der Waals surface area contributed by atoms with E-state index in [1.807, 2.05) is 37.3 Å². The molecule has 0 aromatic heterocycles. The molecule has 9 heteroatoms. The first-order chi connectivity index (χ1) is 14.2. The number of guanidine groups is 1. The van der Waals surface area contributed by atoms with Gasteiger partial charge in [-0.3, -0.25) is 4.79 Å². The third-order valence-corrected chi connectivity index (χ3v) is 5.64. The van der Waals surface area contributed by atoms with Crippen molar-refractivity contribution < 1.29 is 13.2 Å². The van der Waals surface area contributed by atoms with Crippen LogP contribution in [0, 0.1) is 6.92 Å². The zero-order valence-corrected chi connectivity index (χ0v) is 21.5. The molecule has 31 heavy (non-hydrogen) atoms. The number of carbonyl (C=O) groups is 1. The van der Waals surface area contributed by atoms with Gasteiger partial charge in [0.1, 0.15) is 0 Å². The normalized spacial score (nSPS) is 11.4. The largest absolute Gasteiger partial charge is 0.357 e. The summed E-state index contributed by atoms with van der Waals surface area (Å²) in [6.45, 7) is 7.18. The Bertz CT molecular complexity index is 1010. The van der Waals surface area contributed by atoms with E-state index in [4.69, 9.17) is 0 Å². The first-order valence-corrected chi connectivity index (χ1v) is 11.8. The summed E-state index contributed by atoms with van der Waals surface area (Å²) < 4.78 is 23.5. The maximum atomic E-state index is 11.8. The predicted molar refractivity (Wildman–Crippen MR) is 137 cm³/mol. The Hall–Kier alpha value is -2.14. The van der Waals surface area contributed by atoms with Gasteiger partial charge in [0.05, 0.1) is 11.4 Å². The molecule has 3 N–H and O–H groups in total. The molecule has 0 heterocycles. The summed E-state index contributed by atoms with van der Waals surface area (Å²) in [6, 6.07) is 13.1. The van der Waals surface area contributed by atoms with Gasteiger partial charge in [0, 0.05) is 32.0 Å². The standard InChI is InChI=1S/C22H30N4O3S.HI/c1-5-23-22(24-13-12-18-6-9-20(10-7-18)26-17(3)27)25-15-19-8-11-21(16(2)14-19)30(4,28)29;/h6-11,14H,5,12-13,15H2,1-4H3,(H,26,27)(H2,23,24,25);1H. The zero-order chi connectivity index (χ0) is 22.1. The van der Waals surface area contributed by atoms with Crippen LogP contribution in [0.4, 0.5) is 5.69 Å². The number of anilines is 1. The smallest absolute Gasteiger partial charge is 0.221 e. The molecule has 0 aliphatic carbocycles. The van der Waals surface area contributed by atoms with Crippen LogP contribution in [0.5, 0.6) is 0 Å². The molecule has 0 saturated heterocycles. The molecule has 0 aliphatic heterocycles. The number of aliphatic imine (C=N–C) groups is 1. The number of nitrogens with zero attached hydrogens (tertiary/aromatic N) is 1. The molecule has 0 bridgehead atoms. The summed E-state index contributed by atoms with van der Waals surface area (Å²) in [5.41, 5.74) is 3.61. The fourth-order valence-corrected chi connectivity index (χ4v) is 3.98. The highest BCUT2D eigenvalue weighted by molar-refractivity contribution is 14.0. The van der Waals surface area contributed by atoms with Crippen LogP contribution >= 0.6 is 24.0 Å². The van der Waals surface area contributed by atoms with Crippen LogP contribution in [-0.4, -0.2) is 39.6 Å². The number of benzene rings is 2. The lowest BCUT2D eigenvalue weighted by molar-refractivity contribution is -0.114. The van der Waals surface area contributed by atoms with Gasteiger partial charge in [0.2, 0.25) is 5.91 Å². The highest BCUT2D eigenvalue weighted by Gasteiger charge is 2.10. The Labute approximate surface area is 202 Å². The highest BCUT2D eigenvalue weighted by atomic mass is 127. The monoisotopic (exact) mass is 558 g/mol. The lowest BCUT2D eigenvalue weighted by Crippen LogP contribution is -2.38. The van der Waals surface area contributed by atoms with Gasteiger partial charge < -0.3 is 16.0 Å². The minimum Gasteiger partial charge on any atom is -0.357 e. The number of hydrogen-bond donors (Lipinski definition) is 3. The third kappa shape index (κ3) is 9.26. The molecular weight excluding hydrogens is 527 g/mol. The molecule has 0 saturated carbocycles. The second-order valence-corrected chi connectivity index (χ2v) is 9.11. The average molecular weight is 558 g/mol. The van der Waals surface area contributed by atoms with Crippen LogP contribution in [0.15, 0.2) is 52.4 Å². The van der Waals surface area contributed by atoms with Gasteiger partial charge in [-0.05, 0) is 55.2 Å². The van der Waals surface area contributed by atoms with E-state index in [9.17, 15) is 13.2 Å². The Morgan fingerprint density at radius 1 is 1.03 bits per heavy atom. The van der Waals surface area contributed by atoms with Crippen molar-refractivity contribution in [2.24, 2.45) is 4.99 Å². The molecule has 0 unspecified atom stereocenters. The van der Waals surface area contributed by atoms with Gasteiger partial charge in [-0.1, -0.05) is 24.3 Å². The third-order valence-electron chi connectivity index (χ3n) is 4.38. The number of nitrogens with one attached hydrogen (secondary N) is 3. The summed E-state index contributed by atoms with van der Waals surface area (Å²) in [5, 5.41) is 9.28. The Morgan fingerprint density at radius 2 is 1.68 bits per heavy atom. The van der Waals surface area contributed by atoms with Crippen LogP contribution in [0.3, 0.4) is 0 Å². The molecule has 0 aliphatic rings. The van der Waals surface area contributed by atoms with E-state index in [0.29, 0.717) is 23.9 Å². The number of amides is 1. The van der Waals surface area contributed by atoms with Crippen molar-refractivity contribution in [3.8, 4) is 0 Å². The molecule has 7 nitrogen and oxygen atoms in total. The molecule has 170 valence electrons. The minimum atomic E-state index is -3.22. The number of sulfone groups is 1. The predicted octanol–water partition coefficient (Wildman–Crippen LogP) is 3.27. The molecule has 0 spiro atoms. The maximum Gasteiger partial charge on any atom is 0.221 e. The lowest BCUT2D eigenvalue weighted by atomic mass is 10.1. The number of carbonyl (C=O) groups excluding carboxylic acids is 1. The van der Waals surface area contributed by atoms with Crippen molar-refractivity contribution in [3.05, 3.63) is 59.2 Å². The Kier molecular flexibility index (Phi) is 11.0. The summed E-state index contributed by atoms with van der Waals surface area (Å²) in [5.74, 6) is 0.620. The minimum absolute atomic E-state index is 0. The number of rotatable bonds is 8. The van der Waals surface area contributed by atoms with E-state index in [1.165, 1.54) is 13.2 Å². The van der Waals surface area contributed by atoms with Crippen molar-refractivity contribution in [2.75, 3.05) is 24.7 Å². The van der Waals surface area contributed by atoms with Crippen LogP contribution in [0.1, 0.15) is 30.5 Å². The van der Waals surface area contributed by atoms with Crippen molar-refractivity contribution in [1.29, 1.82) is 0 Å². The maximum absolute atomic E-state index is 11.8. The zero-order valence-electron chi connectivity index (χ0n) is 18.4. The molecule has 0 atom stereocenters. The fraction of sp³-hybridized carbons (Fsp3) is 0.364. The molecule has 1 amide bonds. The van der Waals surface area contributed by atoms with E-state index in [1.54, 1.807) is 19.1 Å². The van der Waals surface area contributed by atoms with Crippen molar-refractivity contribution >= 4 is 51.4 Å². The van der Waals surface area contributed by atoms with Crippen molar-refractivity contribution in [1.82, 2.24) is 10.6 Å². The fourth-order valence-electron chi connectivity index (χ4n) is 3.02. The summed E-state index contributed by atoms with van der Waals surface area (Å²) >= 11 is 0. The van der Waals surface area contributed by atoms with Gasteiger partial charge in [0.15, 0.2) is 15.8 Å². The Morgan fingerprint density at radius 3 is 2.23 bits per heavy atom. The first kappa shape index (κ1) is 26.9. The van der Waals surface area contributed by atoms with Crippen LogP contribution < -0.4 is 16.0 Å². The highest BCUT2D eigenvalue weighted by Crippen LogP contribution is 2.17. The molecule has 2 rings (SSSR count). The molecule has 0 fully saturated rings. The number of hydrogen-bond acceptors (Lipinski definition) is 4. The summed E-state index contributed by atoms with van der Waals surface area (Å²) in [6.07, 6.45) is 2.03. The molecule has 2 aromatic carbocycles. The topological polar surface area (TPSA) is 99.7 Å². The molecule has 2 aromatic rings. The number of halogens is 1. The van der Waals surface area contributed by atoms with Crippen LogP contribution in [-0.2, 0) is 27.6 Å². The van der Waals surface area contributed by atoms with Crippen molar-refractivity contribution in [3.63, 3.8) is 0 Å². The van der Waals surface area contributed by atoms with Gasteiger partial charge in [-0.2, -0.15) is 0 Å². The van der Waals surface area contributed by atoms with Gasteiger partial charge in [-0.25, -0.2) is 13.4 Å².